The van der Waals surface area contributed by atoms with Gasteiger partial charge in [0.25, 0.3) is 0 Å². The van der Waals surface area contributed by atoms with Crippen LogP contribution in [0.2, 0.25) is 5.02 Å². The highest BCUT2D eigenvalue weighted by Gasteiger charge is 2.19. The van der Waals surface area contributed by atoms with Crippen LogP contribution in [0.25, 0.3) is 0 Å². The molecule has 2 rings (SSSR count). The molecule has 0 saturated carbocycles. The van der Waals surface area contributed by atoms with Gasteiger partial charge in [-0.15, -0.1) is 0 Å². The fraction of sp³-hybridized carbons (Fsp3) is 0.294. The second-order valence-corrected chi connectivity index (χ2v) is 5.61. The Labute approximate surface area is 125 Å². The summed E-state index contributed by atoms with van der Waals surface area (Å²) in [5.41, 5.74) is 11.7. The molecular weight excluding hydrogens is 270 g/mol. The van der Waals surface area contributed by atoms with E-state index in [2.05, 4.69) is 6.07 Å². The van der Waals surface area contributed by atoms with Crippen molar-refractivity contribution < 1.29 is 4.74 Å². The number of hydrogen-bond acceptors (Lipinski definition) is 2. The van der Waals surface area contributed by atoms with E-state index in [0.717, 1.165) is 33.6 Å². The van der Waals surface area contributed by atoms with E-state index in [1.807, 2.05) is 45.0 Å². The van der Waals surface area contributed by atoms with E-state index >= 15 is 0 Å². The van der Waals surface area contributed by atoms with E-state index in [0.29, 0.717) is 5.02 Å². The summed E-state index contributed by atoms with van der Waals surface area (Å²) in [6.07, 6.45) is 0. The van der Waals surface area contributed by atoms with Gasteiger partial charge < -0.3 is 10.5 Å². The van der Waals surface area contributed by atoms with E-state index in [9.17, 15) is 0 Å². The molecule has 0 saturated heterocycles. The Morgan fingerprint density at radius 1 is 1.05 bits per heavy atom. The summed E-state index contributed by atoms with van der Waals surface area (Å²) in [7, 11) is 1.67. The maximum absolute atomic E-state index is 6.43. The van der Waals surface area contributed by atoms with Crippen molar-refractivity contribution in [3.05, 3.63) is 63.2 Å². The van der Waals surface area contributed by atoms with Crippen molar-refractivity contribution in [2.75, 3.05) is 7.11 Å². The Morgan fingerprint density at radius 3 is 2.35 bits per heavy atom. The molecule has 0 spiro atoms. The highest BCUT2D eigenvalue weighted by Crippen LogP contribution is 2.35. The largest absolute Gasteiger partial charge is 0.496 e. The number of benzene rings is 2. The van der Waals surface area contributed by atoms with Crippen LogP contribution in [0.15, 0.2) is 30.3 Å². The zero-order chi connectivity index (χ0) is 14.9. The fourth-order valence-electron chi connectivity index (χ4n) is 2.55. The summed E-state index contributed by atoms with van der Waals surface area (Å²) >= 11 is 6.33. The molecule has 0 bridgehead atoms. The molecular formula is C17H20ClNO. The van der Waals surface area contributed by atoms with Crippen molar-refractivity contribution in [3.63, 3.8) is 0 Å². The third kappa shape index (κ3) is 2.82. The van der Waals surface area contributed by atoms with E-state index in [-0.39, 0.29) is 6.04 Å². The lowest BCUT2D eigenvalue weighted by Gasteiger charge is -2.20. The smallest absolute Gasteiger partial charge is 0.124 e. The van der Waals surface area contributed by atoms with Crippen LogP contribution in [0.5, 0.6) is 5.75 Å². The number of ether oxygens (including phenoxy) is 1. The van der Waals surface area contributed by atoms with Crippen molar-refractivity contribution in [2.24, 2.45) is 5.73 Å². The van der Waals surface area contributed by atoms with Crippen molar-refractivity contribution in [3.8, 4) is 5.75 Å². The van der Waals surface area contributed by atoms with E-state index in [1.165, 1.54) is 0 Å². The molecule has 0 aliphatic carbocycles. The lowest BCUT2D eigenvalue weighted by Crippen LogP contribution is -2.15. The van der Waals surface area contributed by atoms with Crippen LogP contribution in [0.1, 0.15) is 33.9 Å². The number of methoxy groups -OCH3 is 1. The van der Waals surface area contributed by atoms with Crippen molar-refractivity contribution in [1.82, 2.24) is 0 Å². The van der Waals surface area contributed by atoms with Crippen LogP contribution in [0, 0.1) is 20.8 Å². The third-order valence-electron chi connectivity index (χ3n) is 3.52. The monoisotopic (exact) mass is 289 g/mol. The maximum Gasteiger partial charge on any atom is 0.124 e. The van der Waals surface area contributed by atoms with Gasteiger partial charge in [-0.1, -0.05) is 29.8 Å². The standard InChI is InChI=1S/C17H20ClNO/c1-10-5-6-13(14(18)8-10)17(19)16-12(3)7-11(2)9-15(16)20-4/h5-9,17H,19H2,1-4H3. The summed E-state index contributed by atoms with van der Waals surface area (Å²) in [4.78, 5) is 0. The second-order valence-electron chi connectivity index (χ2n) is 5.20. The minimum absolute atomic E-state index is 0.293. The molecule has 0 heterocycles. The number of aryl methyl sites for hydroxylation is 3. The van der Waals surface area contributed by atoms with E-state index in [1.54, 1.807) is 7.11 Å². The average molecular weight is 290 g/mol. The summed E-state index contributed by atoms with van der Waals surface area (Å²) in [5, 5.41) is 0.694. The van der Waals surface area contributed by atoms with Crippen LogP contribution in [0.3, 0.4) is 0 Å². The summed E-state index contributed by atoms with van der Waals surface area (Å²) in [6.45, 7) is 6.11. The first kappa shape index (κ1) is 14.9. The van der Waals surface area contributed by atoms with Gasteiger partial charge >= 0.3 is 0 Å². The minimum atomic E-state index is -0.293. The van der Waals surface area contributed by atoms with Gasteiger partial charge in [0.1, 0.15) is 5.75 Å². The zero-order valence-corrected chi connectivity index (χ0v) is 13.1. The predicted molar refractivity (Wildman–Crippen MR) is 84.7 cm³/mol. The third-order valence-corrected chi connectivity index (χ3v) is 3.84. The number of halogens is 1. The maximum atomic E-state index is 6.43. The van der Waals surface area contributed by atoms with Gasteiger partial charge in [0.05, 0.1) is 13.2 Å². The summed E-state index contributed by atoms with van der Waals surface area (Å²) < 4.78 is 5.49. The van der Waals surface area contributed by atoms with Crippen molar-refractivity contribution in [1.29, 1.82) is 0 Å². The quantitative estimate of drug-likeness (QED) is 0.913. The molecule has 2 aromatic carbocycles. The first-order valence-electron chi connectivity index (χ1n) is 6.60. The molecule has 0 radical (unpaired) electrons. The van der Waals surface area contributed by atoms with Gasteiger partial charge in [-0.3, -0.25) is 0 Å². The van der Waals surface area contributed by atoms with Crippen molar-refractivity contribution >= 4 is 11.6 Å². The number of nitrogens with two attached hydrogens (primary N) is 1. The molecule has 20 heavy (non-hydrogen) atoms. The summed E-state index contributed by atoms with van der Waals surface area (Å²) in [6, 6.07) is 9.77. The van der Waals surface area contributed by atoms with Gasteiger partial charge in [0.15, 0.2) is 0 Å². The van der Waals surface area contributed by atoms with E-state index in [4.69, 9.17) is 22.1 Å². The molecule has 1 unspecified atom stereocenters. The first-order chi connectivity index (χ1) is 9.43. The van der Waals surface area contributed by atoms with E-state index < -0.39 is 0 Å². The molecule has 2 aromatic rings. The SMILES string of the molecule is COc1cc(C)cc(C)c1C(N)c1ccc(C)cc1Cl. The Morgan fingerprint density at radius 2 is 1.75 bits per heavy atom. The molecule has 2 nitrogen and oxygen atoms in total. The fourth-order valence-corrected chi connectivity index (χ4v) is 2.90. The first-order valence-corrected chi connectivity index (χ1v) is 6.98. The topological polar surface area (TPSA) is 35.2 Å². The molecule has 1 atom stereocenters. The molecule has 0 aliphatic heterocycles. The van der Waals surface area contributed by atoms with Gasteiger partial charge in [-0.2, -0.15) is 0 Å². The highest BCUT2D eigenvalue weighted by molar-refractivity contribution is 6.31. The van der Waals surface area contributed by atoms with Gasteiger partial charge in [-0.05, 0) is 55.2 Å². The number of rotatable bonds is 3. The van der Waals surface area contributed by atoms with Gasteiger partial charge in [0, 0.05) is 10.6 Å². The number of hydrogen-bond donors (Lipinski definition) is 1. The normalized spacial score (nSPS) is 12.3. The lowest BCUT2D eigenvalue weighted by molar-refractivity contribution is 0.407. The average Bonchev–Trinajstić information content (AvgIpc) is 2.37. The molecule has 0 amide bonds. The highest BCUT2D eigenvalue weighted by atomic mass is 35.5. The van der Waals surface area contributed by atoms with Gasteiger partial charge in [0.2, 0.25) is 0 Å². The molecule has 2 N–H and O–H groups in total. The van der Waals surface area contributed by atoms with Gasteiger partial charge in [-0.25, -0.2) is 0 Å². The van der Waals surface area contributed by atoms with Crippen LogP contribution >= 0.6 is 11.6 Å². The summed E-state index contributed by atoms with van der Waals surface area (Å²) in [5.74, 6) is 0.812. The van der Waals surface area contributed by atoms with Crippen LogP contribution in [0.4, 0.5) is 0 Å². The lowest BCUT2D eigenvalue weighted by atomic mass is 9.93. The molecule has 106 valence electrons. The minimum Gasteiger partial charge on any atom is -0.496 e. The Hall–Kier alpha value is -1.51. The Balaban J connectivity index is 2.55. The van der Waals surface area contributed by atoms with Crippen LogP contribution in [-0.2, 0) is 0 Å². The second kappa shape index (κ2) is 5.86. The molecule has 3 heteroatoms. The predicted octanol–water partition coefficient (Wildman–Crippen LogP) is 4.32. The zero-order valence-electron chi connectivity index (χ0n) is 12.3. The molecule has 0 aromatic heterocycles. The molecule has 0 aliphatic rings. The Bertz CT molecular complexity index is 637. The Kier molecular flexibility index (Phi) is 4.36. The van der Waals surface area contributed by atoms with Crippen molar-refractivity contribution in [2.45, 2.75) is 26.8 Å². The van der Waals surface area contributed by atoms with Crippen LogP contribution < -0.4 is 10.5 Å². The molecule has 0 fully saturated rings. The van der Waals surface area contributed by atoms with Crippen LogP contribution in [-0.4, -0.2) is 7.11 Å².